The van der Waals surface area contributed by atoms with Crippen LogP contribution in [0, 0.1) is 11.3 Å². The van der Waals surface area contributed by atoms with E-state index < -0.39 is 0 Å². The predicted molar refractivity (Wildman–Crippen MR) is 112 cm³/mol. The highest BCUT2D eigenvalue weighted by Gasteiger charge is 2.32. The van der Waals surface area contributed by atoms with E-state index in [0.29, 0.717) is 22.8 Å². The number of hydrogen-bond donors (Lipinski definition) is 2. The van der Waals surface area contributed by atoms with Gasteiger partial charge in [0.25, 0.3) is 5.91 Å². The molecule has 142 valence electrons. The van der Waals surface area contributed by atoms with E-state index in [-0.39, 0.29) is 11.9 Å². The number of carbonyl (C=O) groups excluding carboxylic acids is 1. The van der Waals surface area contributed by atoms with Crippen molar-refractivity contribution in [3.8, 4) is 6.07 Å². The second-order valence-corrected chi connectivity index (χ2v) is 8.50. The molecule has 0 saturated carbocycles. The number of aromatic nitrogens is 1. The fourth-order valence-electron chi connectivity index (χ4n) is 3.75. The van der Waals surface area contributed by atoms with Crippen molar-refractivity contribution in [1.29, 1.82) is 5.26 Å². The molecular weight excluding hydrogens is 392 g/mol. The number of carbonyl (C=O) groups is 1. The first-order valence-corrected chi connectivity index (χ1v) is 10.5. The van der Waals surface area contributed by atoms with Gasteiger partial charge < -0.3 is 10.2 Å². The Hall–Kier alpha value is -2.46. The molecular formula is C21H20ClN4OS+. The Bertz CT molecular complexity index is 1020. The molecule has 2 aromatic carbocycles. The second kappa shape index (κ2) is 8.27. The number of fused-ring (bicyclic) bond motifs is 1. The molecule has 0 bridgehead atoms. The molecule has 0 radical (unpaired) electrons. The van der Waals surface area contributed by atoms with E-state index in [2.05, 4.69) is 17.5 Å². The summed E-state index contributed by atoms with van der Waals surface area (Å²) in [5, 5.41) is 13.7. The largest absolute Gasteiger partial charge is 0.320 e. The molecule has 0 spiro atoms. The van der Waals surface area contributed by atoms with Gasteiger partial charge in [0, 0.05) is 11.4 Å². The summed E-state index contributed by atoms with van der Waals surface area (Å²) in [5.41, 5.74) is 1.90. The first-order valence-electron chi connectivity index (χ1n) is 9.33. The zero-order chi connectivity index (χ0) is 19.5. The third-order valence-corrected chi connectivity index (χ3v) is 6.49. The minimum atomic E-state index is -0.109. The summed E-state index contributed by atoms with van der Waals surface area (Å²) in [7, 11) is 0. The van der Waals surface area contributed by atoms with Crippen LogP contribution in [0.5, 0.6) is 0 Å². The lowest BCUT2D eigenvalue weighted by Gasteiger charge is -2.30. The molecule has 7 heteroatoms. The van der Waals surface area contributed by atoms with Crippen molar-refractivity contribution in [3.05, 3.63) is 58.1 Å². The molecule has 4 rings (SSSR count). The second-order valence-electron chi connectivity index (χ2n) is 7.00. The number of halogens is 1. The highest BCUT2D eigenvalue weighted by Crippen LogP contribution is 2.28. The lowest BCUT2D eigenvalue weighted by Crippen LogP contribution is -3.14. The third-order valence-electron chi connectivity index (χ3n) is 5.11. The number of amides is 1. The molecule has 28 heavy (non-hydrogen) atoms. The molecule has 1 aromatic heterocycles. The first-order chi connectivity index (χ1) is 13.6. The summed E-state index contributed by atoms with van der Waals surface area (Å²) in [5.74, 6) is -0.109. The van der Waals surface area contributed by atoms with Crippen molar-refractivity contribution < 1.29 is 9.69 Å². The van der Waals surface area contributed by atoms with E-state index in [1.165, 1.54) is 9.60 Å². The summed E-state index contributed by atoms with van der Waals surface area (Å²) in [6.07, 6.45) is 3.28. The van der Waals surface area contributed by atoms with Gasteiger partial charge in [-0.3, -0.25) is 4.79 Å². The van der Waals surface area contributed by atoms with E-state index in [1.54, 1.807) is 29.5 Å². The van der Waals surface area contributed by atoms with Crippen molar-refractivity contribution in [3.63, 3.8) is 0 Å². The average molecular weight is 412 g/mol. The van der Waals surface area contributed by atoms with Crippen LogP contribution in [0.25, 0.3) is 10.2 Å². The highest BCUT2D eigenvalue weighted by molar-refractivity contribution is 7.18. The molecule has 0 aliphatic carbocycles. The van der Waals surface area contributed by atoms with Crippen molar-refractivity contribution in [1.82, 2.24) is 4.98 Å². The number of piperidine rings is 1. The van der Waals surface area contributed by atoms with Crippen molar-refractivity contribution in [2.75, 3.05) is 18.4 Å². The molecule has 1 aliphatic heterocycles. The number of likely N-dealkylation sites (tertiary alicyclic amines) is 1. The molecule has 1 fully saturated rings. The molecule has 1 unspecified atom stereocenters. The summed E-state index contributed by atoms with van der Waals surface area (Å²) in [4.78, 5) is 18.8. The number of nitrogens with one attached hydrogen (secondary N) is 2. The summed E-state index contributed by atoms with van der Waals surface area (Å²) in [6.45, 7) is 1.28. The molecule has 2 heterocycles. The van der Waals surface area contributed by atoms with Crippen LogP contribution < -0.4 is 10.2 Å². The molecule has 2 atom stereocenters. The lowest BCUT2D eigenvalue weighted by atomic mass is 10.0. The topological polar surface area (TPSA) is 70.2 Å². The number of nitrogens with zero attached hydrogens (tertiary/aromatic N) is 2. The zero-order valence-electron chi connectivity index (χ0n) is 15.2. The van der Waals surface area contributed by atoms with Crippen LogP contribution in [0.1, 0.15) is 35.9 Å². The highest BCUT2D eigenvalue weighted by atomic mass is 35.5. The predicted octanol–water partition coefficient (Wildman–Crippen LogP) is 3.57. The van der Waals surface area contributed by atoms with Crippen molar-refractivity contribution in [2.24, 2.45) is 0 Å². The Morgan fingerprint density at radius 3 is 3.00 bits per heavy atom. The molecule has 1 saturated heterocycles. The molecule has 1 aliphatic rings. The van der Waals surface area contributed by atoms with E-state index in [4.69, 9.17) is 16.6 Å². The Morgan fingerprint density at radius 2 is 2.18 bits per heavy atom. The van der Waals surface area contributed by atoms with E-state index in [9.17, 15) is 10.1 Å². The van der Waals surface area contributed by atoms with Gasteiger partial charge in [-0.1, -0.05) is 23.7 Å². The minimum Gasteiger partial charge on any atom is -0.320 e. The van der Waals surface area contributed by atoms with E-state index in [1.807, 2.05) is 18.2 Å². The lowest BCUT2D eigenvalue weighted by molar-refractivity contribution is -0.929. The van der Waals surface area contributed by atoms with Crippen LogP contribution in [0.2, 0.25) is 5.02 Å². The number of nitriles is 1. The van der Waals surface area contributed by atoms with Crippen LogP contribution in [-0.4, -0.2) is 24.0 Å². The average Bonchev–Trinajstić information content (AvgIpc) is 3.12. The SMILES string of the molecule is N#Cc1ccc(Cl)cc1NC(=O)C[NH+]1CCCC[C@@H]1c1nc2ccccc2s1. The molecule has 1 amide bonds. The van der Waals surface area contributed by atoms with E-state index in [0.717, 1.165) is 36.3 Å². The summed E-state index contributed by atoms with van der Waals surface area (Å²) < 4.78 is 1.18. The van der Waals surface area contributed by atoms with Gasteiger partial charge in [0.05, 0.1) is 28.0 Å². The smallest absolute Gasteiger partial charge is 0.279 e. The Labute approximate surface area is 172 Å². The number of benzene rings is 2. The number of hydrogen-bond acceptors (Lipinski definition) is 4. The van der Waals surface area contributed by atoms with E-state index >= 15 is 0 Å². The van der Waals surface area contributed by atoms with Crippen LogP contribution >= 0.6 is 22.9 Å². The van der Waals surface area contributed by atoms with Gasteiger partial charge >= 0.3 is 0 Å². The monoisotopic (exact) mass is 411 g/mol. The van der Waals surface area contributed by atoms with Gasteiger partial charge in [0.2, 0.25) is 0 Å². The summed E-state index contributed by atoms with van der Waals surface area (Å²) in [6, 6.07) is 15.4. The van der Waals surface area contributed by atoms with Crippen LogP contribution in [0.3, 0.4) is 0 Å². The number of quaternary nitrogens is 1. The van der Waals surface area contributed by atoms with Gasteiger partial charge in [0.15, 0.2) is 11.6 Å². The third kappa shape index (κ3) is 4.02. The van der Waals surface area contributed by atoms with Gasteiger partial charge in [-0.15, -0.1) is 11.3 Å². The number of rotatable bonds is 4. The quantitative estimate of drug-likeness (QED) is 0.689. The maximum Gasteiger partial charge on any atom is 0.279 e. The van der Waals surface area contributed by atoms with Crippen molar-refractivity contribution in [2.45, 2.75) is 25.3 Å². The number of thiazole rings is 1. The maximum absolute atomic E-state index is 12.7. The standard InChI is InChI=1S/C21H19ClN4OS/c22-15-9-8-14(12-23)17(11-15)24-20(27)13-26-10-4-3-6-18(26)21-25-16-5-1-2-7-19(16)28-21/h1-2,5,7-9,11,18H,3-4,6,10,13H2,(H,24,27)/p+1/t18-/m1/s1. The van der Waals surface area contributed by atoms with Crippen LogP contribution in [0.4, 0.5) is 5.69 Å². The van der Waals surface area contributed by atoms with Gasteiger partial charge in [-0.25, -0.2) is 4.98 Å². The maximum atomic E-state index is 12.7. The normalized spacial score (nSPS) is 19.3. The van der Waals surface area contributed by atoms with Gasteiger partial charge in [-0.2, -0.15) is 5.26 Å². The Kier molecular flexibility index (Phi) is 5.58. The Morgan fingerprint density at radius 1 is 1.32 bits per heavy atom. The Balaban J connectivity index is 1.51. The van der Waals surface area contributed by atoms with Crippen molar-refractivity contribution >= 4 is 44.7 Å². The minimum absolute atomic E-state index is 0.109. The molecule has 3 aromatic rings. The summed E-state index contributed by atoms with van der Waals surface area (Å²) >= 11 is 7.74. The number of anilines is 1. The zero-order valence-corrected chi connectivity index (χ0v) is 16.8. The molecule has 5 nitrogen and oxygen atoms in total. The first kappa shape index (κ1) is 18.9. The van der Waals surface area contributed by atoms with Gasteiger partial charge in [0.1, 0.15) is 12.1 Å². The molecule has 2 N–H and O–H groups in total. The van der Waals surface area contributed by atoms with Gasteiger partial charge in [-0.05, 0) is 43.2 Å². The fourth-order valence-corrected chi connectivity index (χ4v) is 5.08. The van der Waals surface area contributed by atoms with Crippen LogP contribution in [0.15, 0.2) is 42.5 Å². The number of para-hydroxylation sites is 1. The fraction of sp³-hybridized carbons (Fsp3) is 0.286. The van der Waals surface area contributed by atoms with Crippen LogP contribution in [-0.2, 0) is 4.79 Å².